The number of carbonyl (C=O) groups excluding carboxylic acids is 1. The number of sulfonamides is 1. The summed E-state index contributed by atoms with van der Waals surface area (Å²) >= 11 is 0. The second-order valence-corrected chi connectivity index (χ2v) is 9.76. The molecular weight excluding hydrogens is 516 g/mol. The van der Waals surface area contributed by atoms with Crippen molar-refractivity contribution in [3.63, 3.8) is 0 Å². The molecule has 2 N–H and O–H groups in total. The van der Waals surface area contributed by atoms with Crippen molar-refractivity contribution in [3.8, 4) is 17.2 Å². The average Bonchev–Trinajstić information content (AvgIpc) is 2.85. The quantitative estimate of drug-likeness (QED) is 0.124. The first kappa shape index (κ1) is 27.9. The molecule has 0 saturated heterocycles. The van der Waals surface area contributed by atoms with E-state index in [-0.39, 0.29) is 27.8 Å². The fourth-order valence-electron chi connectivity index (χ4n) is 3.45. The van der Waals surface area contributed by atoms with Gasteiger partial charge >= 0.3 is 5.97 Å². The molecule has 0 spiro atoms. The minimum absolute atomic E-state index is 0.0350. The van der Waals surface area contributed by atoms with Crippen molar-refractivity contribution in [1.82, 2.24) is 0 Å². The lowest BCUT2D eigenvalue weighted by atomic mass is 10.1. The van der Waals surface area contributed by atoms with Crippen molar-refractivity contribution >= 4 is 39.3 Å². The van der Waals surface area contributed by atoms with E-state index in [9.17, 15) is 23.3 Å². The van der Waals surface area contributed by atoms with Gasteiger partial charge in [0.2, 0.25) is 5.75 Å². The van der Waals surface area contributed by atoms with E-state index < -0.39 is 26.6 Å². The van der Waals surface area contributed by atoms with Crippen LogP contribution in [0.3, 0.4) is 0 Å². The molecule has 13 heteroatoms. The van der Waals surface area contributed by atoms with Crippen molar-refractivity contribution in [2.45, 2.75) is 25.7 Å². The molecule has 0 aromatic heterocycles. The number of ether oxygens (including phenoxy) is 3. The van der Waals surface area contributed by atoms with E-state index in [0.717, 1.165) is 11.6 Å². The summed E-state index contributed by atoms with van der Waals surface area (Å²) in [5.74, 6) is -0.0585. The number of nitrogens with zero attached hydrogens (tertiary/aromatic N) is 2. The van der Waals surface area contributed by atoms with E-state index in [2.05, 4.69) is 15.2 Å². The molecule has 0 heterocycles. The number of carbonyl (C=O) groups is 1. The molecule has 3 aromatic rings. The lowest BCUT2D eigenvalue weighted by Crippen LogP contribution is -2.14. The summed E-state index contributed by atoms with van der Waals surface area (Å²) in [4.78, 5) is 22.1. The second kappa shape index (κ2) is 11.6. The van der Waals surface area contributed by atoms with Crippen LogP contribution in [-0.4, -0.2) is 39.7 Å². The molecule has 3 aromatic carbocycles. The Hall–Kier alpha value is -4.65. The summed E-state index contributed by atoms with van der Waals surface area (Å²) in [5.41, 5.74) is 4.54. The molecule has 0 amide bonds. The monoisotopic (exact) mass is 542 g/mol. The zero-order chi connectivity index (χ0) is 28.0. The van der Waals surface area contributed by atoms with Gasteiger partial charge in [0.1, 0.15) is 5.69 Å². The summed E-state index contributed by atoms with van der Waals surface area (Å²) in [6.07, 6.45) is 1.33. The maximum absolute atomic E-state index is 12.9. The third-order valence-corrected chi connectivity index (χ3v) is 6.59. The van der Waals surface area contributed by atoms with Gasteiger partial charge in [0, 0.05) is 18.6 Å². The number of nitro groups is 1. The number of methoxy groups -OCH3 is 2. The first-order chi connectivity index (χ1) is 17.9. The number of hydrogen-bond acceptors (Lipinski definition) is 10. The molecule has 0 aliphatic carbocycles. The number of hydrogen-bond donors (Lipinski definition) is 2. The van der Waals surface area contributed by atoms with E-state index in [1.54, 1.807) is 19.1 Å². The van der Waals surface area contributed by atoms with Crippen LogP contribution in [0.2, 0.25) is 0 Å². The Morgan fingerprint density at radius 2 is 1.63 bits per heavy atom. The van der Waals surface area contributed by atoms with Gasteiger partial charge in [-0.15, -0.1) is 0 Å². The molecule has 0 aliphatic heterocycles. The van der Waals surface area contributed by atoms with Gasteiger partial charge < -0.3 is 14.2 Å². The Bertz CT molecular complexity index is 1490. The number of rotatable bonds is 10. The van der Waals surface area contributed by atoms with Gasteiger partial charge in [-0.1, -0.05) is 17.7 Å². The largest absolute Gasteiger partial charge is 0.493 e. The summed E-state index contributed by atoms with van der Waals surface area (Å²) in [7, 11) is -1.33. The van der Waals surface area contributed by atoms with Crippen LogP contribution in [0, 0.1) is 24.0 Å². The van der Waals surface area contributed by atoms with Gasteiger partial charge in [0.25, 0.3) is 15.7 Å². The molecule has 0 saturated carbocycles. The Kier molecular flexibility index (Phi) is 8.53. The molecule has 0 fully saturated rings. The van der Waals surface area contributed by atoms with Crippen LogP contribution in [0.4, 0.5) is 17.1 Å². The fraction of sp³-hybridized carbons (Fsp3) is 0.200. The van der Waals surface area contributed by atoms with E-state index in [1.807, 2.05) is 13.0 Å². The van der Waals surface area contributed by atoms with Crippen molar-refractivity contribution in [3.05, 3.63) is 75.3 Å². The van der Waals surface area contributed by atoms with Crippen molar-refractivity contribution in [1.29, 1.82) is 0 Å². The zero-order valence-electron chi connectivity index (χ0n) is 21.3. The van der Waals surface area contributed by atoms with Crippen molar-refractivity contribution in [2.24, 2.45) is 5.10 Å². The molecule has 0 radical (unpaired) electrons. The van der Waals surface area contributed by atoms with Crippen LogP contribution in [-0.2, 0) is 14.8 Å². The highest BCUT2D eigenvalue weighted by Crippen LogP contribution is 2.38. The minimum atomic E-state index is -4.10. The average molecular weight is 543 g/mol. The number of hydrazone groups is 1. The predicted molar refractivity (Wildman–Crippen MR) is 142 cm³/mol. The number of benzene rings is 3. The number of nitro benzene ring substituents is 1. The highest BCUT2D eigenvalue weighted by molar-refractivity contribution is 7.92. The molecular formula is C25H26N4O8S. The molecule has 12 nitrogen and oxygen atoms in total. The predicted octanol–water partition coefficient (Wildman–Crippen LogP) is 4.40. The number of nitrogens with one attached hydrogen (secondary N) is 2. The van der Waals surface area contributed by atoms with Gasteiger partial charge in [0.05, 0.1) is 35.9 Å². The van der Waals surface area contributed by atoms with Gasteiger partial charge in [-0.3, -0.25) is 25.1 Å². The normalized spacial score (nSPS) is 11.2. The maximum atomic E-state index is 12.9. The Morgan fingerprint density at radius 1 is 1.00 bits per heavy atom. The van der Waals surface area contributed by atoms with Crippen LogP contribution >= 0.6 is 0 Å². The lowest BCUT2D eigenvalue weighted by molar-refractivity contribution is -0.384. The summed E-state index contributed by atoms with van der Waals surface area (Å²) in [5, 5.41) is 15.7. The van der Waals surface area contributed by atoms with Gasteiger partial charge in [-0.25, -0.2) is 8.42 Å². The Morgan fingerprint density at radius 3 is 2.18 bits per heavy atom. The maximum Gasteiger partial charge on any atom is 0.308 e. The third kappa shape index (κ3) is 6.56. The highest BCUT2D eigenvalue weighted by atomic mass is 32.2. The fourth-order valence-corrected chi connectivity index (χ4v) is 4.60. The molecule has 38 heavy (non-hydrogen) atoms. The SMILES string of the molecule is COc1cc(/C=N/Nc2ccc(S(=O)(=O)Nc3ccc(C)cc3C)cc2[N+](=O)[O-])cc(OC)c1OC(C)=O. The molecule has 0 unspecified atom stereocenters. The lowest BCUT2D eigenvalue weighted by Gasteiger charge is -2.13. The number of esters is 1. The standard InChI is InChI=1S/C25H26N4O8S/c1-15-6-8-20(16(2)10-15)28-38(33,34)19-7-9-21(22(13-19)29(31)32)27-26-14-18-11-23(35-4)25(37-17(3)30)24(12-18)36-5/h6-14,27-28H,1-5H3/b26-14+. The van der Waals surface area contributed by atoms with E-state index in [4.69, 9.17) is 14.2 Å². The van der Waals surface area contributed by atoms with Gasteiger partial charge in [0.15, 0.2) is 11.5 Å². The highest BCUT2D eigenvalue weighted by Gasteiger charge is 2.22. The number of anilines is 2. The van der Waals surface area contributed by atoms with E-state index >= 15 is 0 Å². The number of aryl methyl sites for hydroxylation is 2. The smallest absolute Gasteiger partial charge is 0.308 e. The van der Waals surface area contributed by atoms with E-state index in [0.29, 0.717) is 16.8 Å². The van der Waals surface area contributed by atoms with Crippen molar-refractivity contribution in [2.75, 3.05) is 24.4 Å². The Labute approximate surface area is 219 Å². The van der Waals surface area contributed by atoms with Crippen LogP contribution in [0.15, 0.2) is 58.5 Å². The van der Waals surface area contributed by atoms with Crippen LogP contribution in [0.25, 0.3) is 0 Å². The molecule has 200 valence electrons. The third-order valence-electron chi connectivity index (χ3n) is 5.23. The summed E-state index contributed by atoms with van der Waals surface area (Å²) in [6, 6.07) is 11.7. The van der Waals surface area contributed by atoms with Crippen molar-refractivity contribution < 1.29 is 32.3 Å². The first-order valence-electron chi connectivity index (χ1n) is 11.1. The summed E-state index contributed by atoms with van der Waals surface area (Å²) < 4.78 is 43.9. The zero-order valence-corrected chi connectivity index (χ0v) is 22.1. The first-order valence-corrected chi connectivity index (χ1v) is 12.6. The molecule has 0 atom stereocenters. The Balaban J connectivity index is 1.87. The molecule has 3 rings (SSSR count). The van der Waals surface area contributed by atoms with Crippen LogP contribution in [0.1, 0.15) is 23.6 Å². The molecule has 0 bridgehead atoms. The van der Waals surface area contributed by atoms with Crippen LogP contribution < -0.4 is 24.4 Å². The van der Waals surface area contributed by atoms with Crippen LogP contribution in [0.5, 0.6) is 17.2 Å². The summed E-state index contributed by atoms with van der Waals surface area (Å²) in [6.45, 7) is 4.88. The van der Waals surface area contributed by atoms with E-state index in [1.165, 1.54) is 51.6 Å². The second-order valence-electron chi connectivity index (χ2n) is 8.08. The topological polar surface area (TPSA) is 158 Å². The van der Waals surface area contributed by atoms with Gasteiger partial charge in [-0.2, -0.15) is 5.10 Å². The molecule has 0 aliphatic rings. The van der Waals surface area contributed by atoms with Gasteiger partial charge in [-0.05, 0) is 49.7 Å². The minimum Gasteiger partial charge on any atom is -0.493 e.